The summed E-state index contributed by atoms with van der Waals surface area (Å²) >= 11 is 0. The molecule has 0 N–H and O–H groups in total. The van der Waals surface area contributed by atoms with Crippen molar-refractivity contribution in [2.75, 3.05) is 55.6 Å². The van der Waals surface area contributed by atoms with Crippen LogP contribution in [0.4, 0.5) is 0 Å². The molecule has 0 radical (unpaired) electrons. The van der Waals surface area contributed by atoms with Gasteiger partial charge in [0, 0.05) is 24.2 Å². The van der Waals surface area contributed by atoms with Gasteiger partial charge in [0.1, 0.15) is 17.1 Å². The van der Waals surface area contributed by atoms with Crippen LogP contribution in [0.1, 0.15) is 34.1 Å². The van der Waals surface area contributed by atoms with Gasteiger partial charge < -0.3 is 33.2 Å². The summed E-state index contributed by atoms with van der Waals surface area (Å²) in [7, 11) is 10.1. The van der Waals surface area contributed by atoms with Crippen LogP contribution in [0.25, 0.3) is 11.0 Å². The maximum atomic E-state index is 13.8. The minimum atomic E-state index is -0.711. The van der Waals surface area contributed by atoms with Crippen LogP contribution in [0, 0.1) is 0 Å². The van der Waals surface area contributed by atoms with Crippen molar-refractivity contribution in [1.82, 2.24) is 9.80 Å². The minimum absolute atomic E-state index is 0.0300. The smallest absolute Gasteiger partial charge is 0.290 e. The summed E-state index contributed by atoms with van der Waals surface area (Å²) in [6.45, 7) is 1.19. The lowest BCUT2D eigenvalue weighted by molar-refractivity contribution is 0.0720. The average Bonchev–Trinajstić information content (AvgIpc) is 3.14. The van der Waals surface area contributed by atoms with Gasteiger partial charge in [-0.3, -0.25) is 9.59 Å². The SMILES string of the molecule is COc1ccc2c(=O)c3c(oc2c1)C(=O)N(CCCN(C)C)[C@@H]3c1cc(OC)c(OC)cc1OC. The fraction of sp³-hybridized carbons (Fsp3) is 0.385. The highest BCUT2D eigenvalue weighted by Gasteiger charge is 2.44. The van der Waals surface area contributed by atoms with Crippen LogP contribution in [0.3, 0.4) is 0 Å². The molecule has 0 saturated carbocycles. The summed E-state index contributed by atoms with van der Waals surface area (Å²) in [5, 5.41) is 0.372. The van der Waals surface area contributed by atoms with Gasteiger partial charge in [0.15, 0.2) is 16.9 Å². The Morgan fingerprint density at radius 3 is 2.23 bits per heavy atom. The zero-order valence-corrected chi connectivity index (χ0v) is 20.8. The van der Waals surface area contributed by atoms with Gasteiger partial charge >= 0.3 is 0 Å². The van der Waals surface area contributed by atoms with Crippen LogP contribution in [-0.4, -0.2) is 71.3 Å². The Labute approximate surface area is 203 Å². The van der Waals surface area contributed by atoms with Crippen LogP contribution in [0.2, 0.25) is 0 Å². The number of nitrogens with zero attached hydrogens (tertiary/aromatic N) is 2. The van der Waals surface area contributed by atoms with Gasteiger partial charge in [-0.1, -0.05) is 0 Å². The average molecular weight is 483 g/mol. The molecule has 0 fully saturated rings. The maximum absolute atomic E-state index is 13.8. The maximum Gasteiger partial charge on any atom is 0.290 e. The fourth-order valence-electron chi connectivity index (χ4n) is 4.50. The number of carbonyl (C=O) groups excluding carboxylic acids is 1. The monoisotopic (exact) mass is 482 g/mol. The van der Waals surface area contributed by atoms with Crippen molar-refractivity contribution in [1.29, 1.82) is 0 Å². The zero-order chi connectivity index (χ0) is 25.3. The van der Waals surface area contributed by atoms with Crippen LogP contribution >= 0.6 is 0 Å². The van der Waals surface area contributed by atoms with E-state index in [1.54, 1.807) is 35.2 Å². The van der Waals surface area contributed by atoms with Crippen molar-refractivity contribution in [3.8, 4) is 23.0 Å². The number of ether oxygens (including phenoxy) is 4. The number of amides is 1. The third kappa shape index (κ3) is 4.27. The van der Waals surface area contributed by atoms with Crippen LogP contribution in [-0.2, 0) is 0 Å². The van der Waals surface area contributed by atoms with E-state index >= 15 is 0 Å². The number of hydrogen-bond donors (Lipinski definition) is 0. The highest BCUT2D eigenvalue weighted by atomic mass is 16.5. The van der Waals surface area contributed by atoms with E-state index in [1.165, 1.54) is 28.4 Å². The topological polar surface area (TPSA) is 90.7 Å². The molecule has 186 valence electrons. The van der Waals surface area contributed by atoms with E-state index in [0.717, 1.165) is 6.54 Å². The zero-order valence-electron chi connectivity index (χ0n) is 20.8. The summed E-state index contributed by atoms with van der Waals surface area (Å²) in [6.07, 6.45) is 0.709. The lowest BCUT2D eigenvalue weighted by Crippen LogP contribution is -2.32. The summed E-state index contributed by atoms with van der Waals surface area (Å²) in [4.78, 5) is 31.1. The van der Waals surface area contributed by atoms with Gasteiger partial charge in [0.2, 0.25) is 5.76 Å². The molecule has 0 bridgehead atoms. The van der Waals surface area contributed by atoms with Crippen LogP contribution < -0.4 is 24.4 Å². The van der Waals surface area contributed by atoms with Gasteiger partial charge in [-0.05, 0) is 45.3 Å². The third-order valence-electron chi connectivity index (χ3n) is 6.21. The first-order chi connectivity index (χ1) is 16.8. The van der Waals surface area contributed by atoms with Crippen LogP contribution in [0.15, 0.2) is 39.5 Å². The predicted octanol–water partition coefficient (Wildman–Crippen LogP) is 3.32. The van der Waals surface area contributed by atoms with Gasteiger partial charge in [0.25, 0.3) is 5.91 Å². The van der Waals surface area contributed by atoms with Crippen molar-refractivity contribution in [2.24, 2.45) is 0 Å². The van der Waals surface area contributed by atoms with Crippen molar-refractivity contribution < 1.29 is 28.2 Å². The number of methoxy groups -OCH3 is 4. The molecule has 1 aliphatic rings. The minimum Gasteiger partial charge on any atom is -0.497 e. The lowest BCUT2D eigenvalue weighted by atomic mass is 9.97. The lowest BCUT2D eigenvalue weighted by Gasteiger charge is -2.27. The van der Waals surface area contributed by atoms with E-state index < -0.39 is 6.04 Å². The second kappa shape index (κ2) is 9.87. The molecule has 9 heteroatoms. The number of rotatable bonds is 9. The van der Waals surface area contributed by atoms with Gasteiger partial charge in [0.05, 0.1) is 45.4 Å². The van der Waals surface area contributed by atoms with E-state index in [1.807, 2.05) is 19.0 Å². The Hall–Kier alpha value is -3.72. The van der Waals surface area contributed by atoms with Crippen molar-refractivity contribution in [3.63, 3.8) is 0 Å². The molecule has 0 aliphatic carbocycles. The summed E-state index contributed by atoms with van der Waals surface area (Å²) in [6, 6.07) is 7.71. The number of fused-ring (bicyclic) bond motifs is 2. The molecule has 1 aromatic heterocycles. The molecule has 1 atom stereocenters. The molecule has 9 nitrogen and oxygen atoms in total. The highest BCUT2D eigenvalue weighted by Crippen LogP contribution is 2.45. The Kier molecular flexibility index (Phi) is 6.88. The molecule has 3 aromatic rings. The molecule has 2 heterocycles. The van der Waals surface area contributed by atoms with Crippen molar-refractivity contribution >= 4 is 16.9 Å². The first-order valence-corrected chi connectivity index (χ1v) is 11.2. The molecule has 0 spiro atoms. The highest BCUT2D eigenvalue weighted by molar-refractivity contribution is 5.99. The molecule has 0 saturated heterocycles. The molecule has 4 rings (SSSR count). The fourth-order valence-corrected chi connectivity index (χ4v) is 4.50. The summed E-state index contributed by atoms with van der Waals surface area (Å²) < 4.78 is 27.9. The van der Waals surface area contributed by atoms with Gasteiger partial charge in [-0.2, -0.15) is 0 Å². The number of hydrogen-bond acceptors (Lipinski definition) is 8. The summed E-state index contributed by atoms with van der Waals surface area (Å²) in [5.41, 5.74) is 0.925. The second-order valence-corrected chi connectivity index (χ2v) is 8.54. The first-order valence-electron chi connectivity index (χ1n) is 11.2. The van der Waals surface area contributed by atoms with E-state index in [0.29, 0.717) is 52.5 Å². The van der Waals surface area contributed by atoms with Crippen molar-refractivity contribution in [3.05, 3.63) is 57.4 Å². The second-order valence-electron chi connectivity index (χ2n) is 8.54. The Morgan fingerprint density at radius 2 is 1.60 bits per heavy atom. The van der Waals surface area contributed by atoms with Gasteiger partial charge in [-0.15, -0.1) is 0 Å². The predicted molar refractivity (Wildman–Crippen MR) is 131 cm³/mol. The molecule has 0 unspecified atom stereocenters. The van der Waals surface area contributed by atoms with E-state index in [9.17, 15) is 9.59 Å². The standard InChI is InChI=1S/C26H30N2O7/c1-27(2)10-7-11-28-23(17-13-20(33-5)21(34-6)14-18(17)32-4)22-24(29)16-9-8-15(31-3)12-19(16)35-25(22)26(28)30/h8-9,12-14,23H,7,10-11H2,1-6H3/t23-/m1/s1. The normalized spacial score (nSPS) is 15.0. The Bertz CT molecular complexity index is 1320. The number of carbonyl (C=O) groups is 1. The van der Waals surface area contributed by atoms with E-state index in [4.69, 9.17) is 23.4 Å². The quantitative estimate of drug-likeness (QED) is 0.459. The third-order valence-corrected chi connectivity index (χ3v) is 6.21. The molecule has 1 aliphatic heterocycles. The van der Waals surface area contributed by atoms with E-state index in [-0.39, 0.29) is 22.7 Å². The molecular formula is C26H30N2O7. The molecule has 35 heavy (non-hydrogen) atoms. The summed E-state index contributed by atoms with van der Waals surface area (Å²) in [5.74, 6) is 1.64. The number of benzene rings is 2. The van der Waals surface area contributed by atoms with Gasteiger partial charge in [-0.25, -0.2) is 0 Å². The van der Waals surface area contributed by atoms with Crippen LogP contribution in [0.5, 0.6) is 23.0 Å². The Balaban J connectivity index is 1.96. The molecule has 1 amide bonds. The molecule has 2 aromatic carbocycles. The van der Waals surface area contributed by atoms with E-state index in [2.05, 4.69) is 0 Å². The van der Waals surface area contributed by atoms with Crippen molar-refractivity contribution in [2.45, 2.75) is 12.5 Å². The largest absolute Gasteiger partial charge is 0.497 e. The molecular weight excluding hydrogens is 452 g/mol. The first kappa shape index (κ1) is 24.4. The Morgan fingerprint density at radius 1 is 0.914 bits per heavy atom.